The maximum atomic E-state index is 10.7. The van der Waals surface area contributed by atoms with Gasteiger partial charge in [0.25, 0.3) is 0 Å². The molecule has 0 atom stereocenters. The Bertz CT molecular complexity index is 1120. The molecule has 3 aromatic rings. The first kappa shape index (κ1) is 22.7. The minimum atomic E-state index is -0.0931. The summed E-state index contributed by atoms with van der Waals surface area (Å²) in [6.07, 6.45) is 0.970. The van der Waals surface area contributed by atoms with E-state index in [0.29, 0.717) is 13.1 Å². The molecule has 0 bridgehead atoms. The van der Waals surface area contributed by atoms with Crippen molar-refractivity contribution >= 4 is 11.4 Å². The van der Waals surface area contributed by atoms with E-state index in [2.05, 4.69) is 53.1 Å². The molecule has 0 spiro atoms. The molecule has 5 heteroatoms. The third kappa shape index (κ3) is 4.83. The third-order valence-corrected chi connectivity index (χ3v) is 6.26. The van der Waals surface area contributed by atoms with Crippen molar-refractivity contribution in [1.29, 1.82) is 0 Å². The van der Waals surface area contributed by atoms with Crippen LogP contribution in [0, 0.1) is 6.92 Å². The average molecular weight is 445 g/mol. The standard InChI is InChI=1S/C28H32N2O3/c1-4-21-6-10-23(11-7-21)28-26(19-31)29(18-22-8-12-24(33-3)13-9-22)15-16-30(28)25-14-5-20(2)17-27(25)32/h5-14,17,31-32H,4,15-16,18-19H2,1-3H3. The number of hydrogen-bond acceptors (Lipinski definition) is 5. The van der Waals surface area contributed by atoms with Gasteiger partial charge in [0, 0.05) is 25.2 Å². The first-order valence-electron chi connectivity index (χ1n) is 11.4. The molecular weight excluding hydrogens is 412 g/mol. The molecule has 1 aliphatic rings. The van der Waals surface area contributed by atoms with Gasteiger partial charge in [-0.1, -0.05) is 49.4 Å². The van der Waals surface area contributed by atoms with Crippen molar-refractivity contribution in [3.63, 3.8) is 0 Å². The number of rotatable bonds is 7. The fraction of sp³-hybridized carbons (Fsp3) is 0.286. The van der Waals surface area contributed by atoms with Crippen molar-refractivity contribution in [1.82, 2.24) is 4.90 Å². The van der Waals surface area contributed by atoms with E-state index in [1.807, 2.05) is 31.2 Å². The maximum Gasteiger partial charge on any atom is 0.139 e. The number of aryl methyl sites for hydroxylation is 2. The zero-order chi connectivity index (χ0) is 23.4. The number of nitrogens with zero attached hydrogens (tertiary/aromatic N) is 2. The van der Waals surface area contributed by atoms with Crippen molar-refractivity contribution in [2.75, 3.05) is 31.7 Å². The number of methoxy groups -OCH3 is 1. The van der Waals surface area contributed by atoms with Crippen LogP contribution in [0.25, 0.3) is 5.70 Å². The summed E-state index contributed by atoms with van der Waals surface area (Å²) >= 11 is 0. The SMILES string of the molecule is CCc1ccc(C2=C(CO)N(Cc3ccc(OC)cc3)CCN2c2ccc(C)cc2O)cc1. The minimum Gasteiger partial charge on any atom is -0.506 e. The predicted octanol–water partition coefficient (Wildman–Crippen LogP) is 4.95. The zero-order valence-electron chi connectivity index (χ0n) is 19.6. The lowest BCUT2D eigenvalue weighted by Gasteiger charge is -2.41. The van der Waals surface area contributed by atoms with Crippen LogP contribution in [0.1, 0.15) is 29.2 Å². The Balaban J connectivity index is 1.78. The highest BCUT2D eigenvalue weighted by Crippen LogP contribution is 2.38. The van der Waals surface area contributed by atoms with E-state index in [9.17, 15) is 10.2 Å². The number of benzene rings is 3. The highest BCUT2D eigenvalue weighted by Gasteiger charge is 2.28. The van der Waals surface area contributed by atoms with Crippen LogP contribution in [0.3, 0.4) is 0 Å². The topological polar surface area (TPSA) is 56.2 Å². The molecule has 0 saturated heterocycles. The number of phenolic OH excluding ortho intramolecular Hbond substituents is 1. The highest BCUT2D eigenvalue weighted by atomic mass is 16.5. The average Bonchev–Trinajstić information content (AvgIpc) is 2.84. The Morgan fingerprint density at radius 1 is 0.909 bits per heavy atom. The van der Waals surface area contributed by atoms with Crippen molar-refractivity contribution in [2.45, 2.75) is 26.8 Å². The van der Waals surface area contributed by atoms with E-state index in [4.69, 9.17) is 4.74 Å². The van der Waals surface area contributed by atoms with Gasteiger partial charge in [-0.3, -0.25) is 0 Å². The largest absolute Gasteiger partial charge is 0.506 e. The molecule has 0 aliphatic carbocycles. The Labute approximate surface area is 196 Å². The predicted molar refractivity (Wildman–Crippen MR) is 133 cm³/mol. The summed E-state index contributed by atoms with van der Waals surface area (Å²) in [6.45, 7) is 6.12. The summed E-state index contributed by atoms with van der Waals surface area (Å²) in [5, 5.41) is 21.3. The van der Waals surface area contributed by atoms with Gasteiger partial charge in [-0.25, -0.2) is 0 Å². The smallest absolute Gasteiger partial charge is 0.139 e. The normalized spacial score (nSPS) is 14.1. The van der Waals surface area contributed by atoms with Gasteiger partial charge in [0.15, 0.2) is 0 Å². The van der Waals surface area contributed by atoms with Gasteiger partial charge < -0.3 is 24.7 Å². The third-order valence-electron chi connectivity index (χ3n) is 6.26. The van der Waals surface area contributed by atoms with E-state index >= 15 is 0 Å². The van der Waals surface area contributed by atoms with E-state index < -0.39 is 0 Å². The summed E-state index contributed by atoms with van der Waals surface area (Å²) in [6, 6.07) is 22.3. The number of aromatic hydroxyl groups is 1. The number of ether oxygens (including phenoxy) is 1. The Morgan fingerprint density at radius 2 is 1.61 bits per heavy atom. The molecule has 0 radical (unpaired) electrons. The highest BCUT2D eigenvalue weighted by molar-refractivity contribution is 5.84. The van der Waals surface area contributed by atoms with Crippen molar-refractivity contribution in [2.24, 2.45) is 0 Å². The quantitative estimate of drug-likeness (QED) is 0.540. The van der Waals surface area contributed by atoms with Gasteiger partial charge in [0.1, 0.15) is 11.5 Å². The Hall–Kier alpha value is -3.44. The summed E-state index contributed by atoms with van der Waals surface area (Å²) in [5.41, 5.74) is 6.98. The Kier molecular flexibility index (Phi) is 6.90. The lowest BCUT2D eigenvalue weighted by Crippen LogP contribution is -2.42. The van der Waals surface area contributed by atoms with Crippen molar-refractivity contribution in [3.8, 4) is 11.5 Å². The molecule has 0 saturated carbocycles. The van der Waals surface area contributed by atoms with E-state index in [1.165, 1.54) is 5.56 Å². The van der Waals surface area contributed by atoms with E-state index in [-0.39, 0.29) is 12.4 Å². The second-order valence-electron chi connectivity index (χ2n) is 8.42. The van der Waals surface area contributed by atoms with Gasteiger partial charge in [0.2, 0.25) is 0 Å². The molecule has 2 N–H and O–H groups in total. The maximum absolute atomic E-state index is 10.7. The molecule has 1 aliphatic heterocycles. The summed E-state index contributed by atoms with van der Waals surface area (Å²) in [7, 11) is 1.66. The lowest BCUT2D eigenvalue weighted by molar-refractivity contribution is 0.244. The number of anilines is 1. The van der Waals surface area contributed by atoms with Gasteiger partial charge in [-0.05, 0) is 54.3 Å². The van der Waals surface area contributed by atoms with E-state index in [0.717, 1.165) is 52.5 Å². The molecule has 0 amide bonds. The summed E-state index contributed by atoms with van der Waals surface area (Å²) < 4.78 is 5.28. The second-order valence-corrected chi connectivity index (χ2v) is 8.42. The van der Waals surface area contributed by atoms with Crippen LogP contribution in [0.5, 0.6) is 11.5 Å². The molecule has 1 heterocycles. The summed E-state index contributed by atoms with van der Waals surface area (Å²) in [4.78, 5) is 4.36. The number of phenols is 1. The van der Waals surface area contributed by atoms with Crippen LogP contribution in [0.2, 0.25) is 0 Å². The molecule has 0 aromatic heterocycles. The number of aliphatic hydroxyl groups is 1. The molecule has 5 nitrogen and oxygen atoms in total. The van der Waals surface area contributed by atoms with Crippen molar-refractivity contribution in [3.05, 3.63) is 94.7 Å². The fourth-order valence-electron chi connectivity index (χ4n) is 4.40. The minimum absolute atomic E-state index is 0.0931. The van der Waals surface area contributed by atoms with E-state index in [1.54, 1.807) is 13.2 Å². The molecule has 0 fully saturated rings. The molecule has 4 rings (SSSR count). The van der Waals surface area contributed by atoms with Crippen molar-refractivity contribution < 1.29 is 14.9 Å². The van der Waals surface area contributed by atoms with Crippen LogP contribution in [0.4, 0.5) is 5.69 Å². The molecule has 3 aromatic carbocycles. The lowest BCUT2D eigenvalue weighted by atomic mass is 10.0. The van der Waals surface area contributed by atoms with Gasteiger partial charge in [0.05, 0.1) is 30.8 Å². The molecule has 33 heavy (non-hydrogen) atoms. The Morgan fingerprint density at radius 3 is 2.21 bits per heavy atom. The van der Waals surface area contributed by atoms with Crippen LogP contribution >= 0.6 is 0 Å². The summed E-state index contributed by atoms with van der Waals surface area (Å²) in [5.74, 6) is 1.08. The van der Waals surface area contributed by atoms with Gasteiger partial charge in [-0.15, -0.1) is 0 Å². The number of hydrogen-bond donors (Lipinski definition) is 2. The first-order chi connectivity index (χ1) is 16.0. The van der Waals surface area contributed by atoms with Crippen LogP contribution in [0.15, 0.2) is 72.4 Å². The number of aliphatic hydroxyl groups excluding tert-OH is 1. The fourth-order valence-corrected chi connectivity index (χ4v) is 4.40. The molecule has 0 unspecified atom stereocenters. The van der Waals surface area contributed by atoms with Gasteiger partial charge >= 0.3 is 0 Å². The van der Waals surface area contributed by atoms with Crippen LogP contribution in [-0.4, -0.2) is 41.9 Å². The zero-order valence-corrected chi connectivity index (χ0v) is 19.6. The van der Waals surface area contributed by atoms with Crippen LogP contribution < -0.4 is 9.64 Å². The molecular formula is C28H32N2O3. The second kappa shape index (κ2) is 10.0. The monoisotopic (exact) mass is 444 g/mol. The van der Waals surface area contributed by atoms with Crippen LogP contribution in [-0.2, 0) is 13.0 Å². The first-order valence-corrected chi connectivity index (χ1v) is 11.4. The van der Waals surface area contributed by atoms with Gasteiger partial charge in [-0.2, -0.15) is 0 Å². The molecule has 172 valence electrons.